The number of carbonyl (C=O) groups is 1. The molecule has 1 unspecified atom stereocenters. The second-order valence-electron chi connectivity index (χ2n) is 6.29. The first-order valence-corrected chi connectivity index (χ1v) is 8.73. The smallest absolute Gasteiger partial charge is 0.272 e. The molecule has 0 radical (unpaired) electrons. The third-order valence-corrected chi connectivity index (χ3v) is 4.70. The van der Waals surface area contributed by atoms with Crippen LogP contribution < -0.4 is 20.1 Å². The highest BCUT2D eigenvalue weighted by Gasteiger charge is 2.24. The Bertz CT molecular complexity index is 787. The first-order valence-electron chi connectivity index (χ1n) is 8.73. The normalized spacial score (nSPS) is 16.8. The lowest BCUT2D eigenvalue weighted by atomic mass is 10.0. The molecule has 0 saturated carbocycles. The number of carbonyl (C=O) groups excluding carboxylic acids is 1. The second-order valence-corrected chi connectivity index (χ2v) is 6.29. The van der Waals surface area contributed by atoms with Crippen molar-refractivity contribution in [1.82, 2.24) is 20.8 Å². The Kier molecular flexibility index (Phi) is 4.31. The van der Waals surface area contributed by atoms with Crippen LogP contribution in [0.3, 0.4) is 0 Å². The van der Waals surface area contributed by atoms with Gasteiger partial charge in [0.2, 0.25) is 0 Å². The minimum Gasteiger partial charge on any atom is -0.486 e. The van der Waals surface area contributed by atoms with E-state index in [-0.39, 0.29) is 11.9 Å². The molecule has 2 aliphatic heterocycles. The molecule has 0 bridgehead atoms. The van der Waals surface area contributed by atoms with Gasteiger partial charge in [0, 0.05) is 30.8 Å². The van der Waals surface area contributed by atoms with Gasteiger partial charge < -0.3 is 20.1 Å². The van der Waals surface area contributed by atoms with Crippen molar-refractivity contribution in [3.63, 3.8) is 0 Å². The number of hydrogen-bond donors (Lipinski definition) is 3. The third-order valence-electron chi connectivity index (χ3n) is 4.70. The zero-order valence-corrected chi connectivity index (χ0v) is 14.2. The summed E-state index contributed by atoms with van der Waals surface area (Å²) in [6.07, 6.45) is 1.64. The van der Waals surface area contributed by atoms with E-state index in [0.29, 0.717) is 25.5 Å². The van der Waals surface area contributed by atoms with Crippen LogP contribution >= 0.6 is 0 Å². The van der Waals surface area contributed by atoms with E-state index in [4.69, 9.17) is 9.47 Å². The molecular formula is C18H22N4O3. The van der Waals surface area contributed by atoms with Crippen molar-refractivity contribution >= 4 is 5.91 Å². The van der Waals surface area contributed by atoms with E-state index >= 15 is 0 Å². The number of aromatic amines is 1. The fourth-order valence-electron chi connectivity index (χ4n) is 3.34. The molecule has 3 heterocycles. The average Bonchev–Trinajstić information content (AvgIpc) is 3.10. The number of fused-ring (bicyclic) bond motifs is 2. The molecule has 2 aliphatic rings. The van der Waals surface area contributed by atoms with Gasteiger partial charge in [0.05, 0.1) is 6.04 Å². The molecule has 1 atom stereocenters. The van der Waals surface area contributed by atoms with Crippen LogP contribution in [0, 0.1) is 0 Å². The van der Waals surface area contributed by atoms with E-state index in [0.717, 1.165) is 47.7 Å². The highest BCUT2D eigenvalue weighted by Crippen LogP contribution is 2.33. The Balaban J connectivity index is 1.54. The summed E-state index contributed by atoms with van der Waals surface area (Å²) in [6.45, 7) is 4.74. The molecule has 7 nitrogen and oxygen atoms in total. The molecule has 3 N–H and O–H groups in total. The van der Waals surface area contributed by atoms with Gasteiger partial charge in [-0.2, -0.15) is 5.10 Å². The number of hydrogen-bond acceptors (Lipinski definition) is 5. The molecule has 0 spiro atoms. The number of ether oxygens (including phenoxy) is 2. The van der Waals surface area contributed by atoms with Crippen molar-refractivity contribution in [2.75, 3.05) is 19.8 Å². The highest BCUT2D eigenvalue weighted by molar-refractivity contribution is 5.94. The van der Waals surface area contributed by atoms with Crippen LogP contribution in [0.4, 0.5) is 0 Å². The maximum absolute atomic E-state index is 12.7. The topological polar surface area (TPSA) is 88.3 Å². The first kappa shape index (κ1) is 16.0. The molecule has 25 heavy (non-hydrogen) atoms. The zero-order chi connectivity index (χ0) is 17.2. The number of H-pyrrole nitrogens is 1. The fourth-order valence-corrected chi connectivity index (χ4v) is 3.34. The number of rotatable bonds is 4. The van der Waals surface area contributed by atoms with E-state index in [1.807, 2.05) is 25.1 Å². The van der Waals surface area contributed by atoms with Gasteiger partial charge in [-0.25, -0.2) is 0 Å². The molecule has 1 aromatic carbocycles. The largest absolute Gasteiger partial charge is 0.486 e. The van der Waals surface area contributed by atoms with Gasteiger partial charge in [0.15, 0.2) is 17.2 Å². The monoisotopic (exact) mass is 342 g/mol. The Hall–Kier alpha value is -2.54. The molecule has 7 heteroatoms. The Labute approximate surface area is 146 Å². The van der Waals surface area contributed by atoms with Crippen LogP contribution in [0.15, 0.2) is 18.2 Å². The van der Waals surface area contributed by atoms with Crippen LogP contribution in [0.25, 0.3) is 0 Å². The number of benzene rings is 1. The second kappa shape index (κ2) is 6.76. The van der Waals surface area contributed by atoms with E-state index in [2.05, 4.69) is 20.8 Å². The van der Waals surface area contributed by atoms with E-state index < -0.39 is 0 Å². The summed E-state index contributed by atoms with van der Waals surface area (Å²) in [5.74, 6) is 1.34. The molecule has 0 saturated heterocycles. The summed E-state index contributed by atoms with van der Waals surface area (Å²) in [5.41, 5.74) is 3.51. The highest BCUT2D eigenvalue weighted by atomic mass is 16.6. The predicted molar refractivity (Wildman–Crippen MR) is 91.9 cm³/mol. The molecule has 1 amide bonds. The summed E-state index contributed by atoms with van der Waals surface area (Å²) in [5, 5.41) is 13.6. The lowest BCUT2D eigenvalue weighted by Gasteiger charge is -2.22. The summed E-state index contributed by atoms with van der Waals surface area (Å²) >= 11 is 0. The van der Waals surface area contributed by atoms with E-state index in [1.165, 1.54) is 0 Å². The predicted octanol–water partition coefficient (Wildman–Crippen LogP) is 1.71. The summed E-state index contributed by atoms with van der Waals surface area (Å²) in [7, 11) is 0. The Morgan fingerprint density at radius 2 is 2.16 bits per heavy atom. The van der Waals surface area contributed by atoms with Gasteiger partial charge in [-0.05, 0) is 24.1 Å². The maximum Gasteiger partial charge on any atom is 0.272 e. The summed E-state index contributed by atoms with van der Waals surface area (Å²) in [6, 6.07) is 5.72. The van der Waals surface area contributed by atoms with Crippen molar-refractivity contribution in [2.45, 2.75) is 32.4 Å². The first-order chi connectivity index (χ1) is 12.3. The van der Waals surface area contributed by atoms with Crippen molar-refractivity contribution in [3.8, 4) is 11.5 Å². The molecule has 0 fully saturated rings. The maximum atomic E-state index is 12.7. The summed E-state index contributed by atoms with van der Waals surface area (Å²) < 4.78 is 11.2. The number of amides is 1. The van der Waals surface area contributed by atoms with E-state index in [9.17, 15) is 4.79 Å². The fraction of sp³-hybridized carbons (Fsp3) is 0.444. The van der Waals surface area contributed by atoms with Crippen molar-refractivity contribution in [3.05, 3.63) is 40.7 Å². The van der Waals surface area contributed by atoms with Gasteiger partial charge in [-0.3, -0.25) is 9.89 Å². The average molecular weight is 342 g/mol. The quantitative estimate of drug-likeness (QED) is 0.787. The van der Waals surface area contributed by atoms with Crippen molar-refractivity contribution in [2.24, 2.45) is 0 Å². The van der Waals surface area contributed by atoms with Gasteiger partial charge in [-0.1, -0.05) is 13.0 Å². The minimum atomic E-state index is -0.150. The molecular weight excluding hydrogens is 320 g/mol. The molecule has 1 aromatic heterocycles. The van der Waals surface area contributed by atoms with E-state index in [1.54, 1.807) is 0 Å². The number of aromatic nitrogens is 2. The van der Waals surface area contributed by atoms with Crippen molar-refractivity contribution < 1.29 is 14.3 Å². The Morgan fingerprint density at radius 1 is 1.32 bits per heavy atom. The Morgan fingerprint density at radius 3 is 3.00 bits per heavy atom. The van der Waals surface area contributed by atoms with Crippen LogP contribution in [-0.4, -0.2) is 35.9 Å². The van der Waals surface area contributed by atoms with Crippen LogP contribution in [0.1, 0.15) is 46.7 Å². The lowest BCUT2D eigenvalue weighted by molar-refractivity contribution is 0.0929. The van der Waals surface area contributed by atoms with Gasteiger partial charge >= 0.3 is 0 Å². The molecule has 0 aliphatic carbocycles. The zero-order valence-electron chi connectivity index (χ0n) is 14.2. The minimum absolute atomic E-state index is 0.104. The number of nitrogens with one attached hydrogen (secondary N) is 3. The third kappa shape index (κ3) is 3.07. The van der Waals surface area contributed by atoms with Crippen LogP contribution in [-0.2, 0) is 13.0 Å². The lowest BCUT2D eigenvalue weighted by Crippen LogP contribution is -2.31. The molecule has 132 valence electrons. The van der Waals surface area contributed by atoms with Crippen LogP contribution in [0.5, 0.6) is 11.5 Å². The van der Waals surface area contributed by atoms with Gasteiger partial charge in [0.1, 0.15) is 13.2 Å². The van der Waals surface area contributed by atoms with Crippen LogP contribution in [0.2, 0.25) is 0 Å². The summed E-state index contributed by atoms with van der Waals surface area (Å²) in [4.78, 5) is 12.7. The standard InChI is InChI=1S/C18H22N4O3/c1-2-13(11-3-4-15-16(9-11)25-8-7-24-15)20-18(23)17-12-10-19-6-5-14(12)21-22-17/h3-4,9,13,19H,2,5-8,10H2,1H3,(H,20,23)(H,21,22). The SMILES string of the molecule is CCC(NC(=O)c1n[nH]c2c1CNCC2)c1ccc2c(c1)OCCO2. The molecule has 4 rings (SSSR count). The van der Waals surface area contributed by atoms with Gasteiger partial charge in [-0.15, -0.1) is 0 Å². The number of nitrogens with zero attached hydrogens (tertiary/aromatic N) is 1. The van der Waals surface area contributed by atoms with Crippen molar-refractivity contribution in [1.29, 1.82) is 0 Å². The molecule has 2 aromatic rings. The van der Waals surface area contributed by atoms with Gasteiger partial charge in [0.25, 0.3) is 5.91 Å².